The van der Waals surface area contributed by atoms with Gasteiger partial charge in [0.25, 0.3) is 17.0 Å². The standard InChI is InChI=1S/C14H13NO4.C13H12N2O3.C11H13NO2.C11H12O3/c1-2-19-14(18)12-11(16)8-10(15-13(12)17)9-6-4-3-5-7-9;1-14-12(17)11-10(16)7-9(15-13(11)18)8-5-3-2-4-6-8;2*1-2-14-11(13)8-10(12)9-6-4-3-5-7-9/h3-8H,2H2,1H3,(H2,15,16,17);2-7H,1H3,(H,14,17)(H2,15,16,18);3-8H,2,12H2,1H3;3-7H,2,8H2,1H3/b;;10-8-;. The van der Waals surface area contributed by atoms with E-state index >= 15 is 0 Å². The Morgan fingerprint density at radius 2 is 1.02 bits per heavy atom. The van der Waals surface area contributed by atoms with Crippen molar-refractivity contribution in [3.05, 3.63) is 182 Å². The summed E-state index contributed by atoms with van der Waals surface area (Å²) in [4.78, 5) is 85.1. The van der Waals surface area contributed by atoms with Crippen molar-refractivity contribution in [2.45, 2.75) is 27.2 Å². The lowest BCUT2D eigenvalue weighted by Gasteiger charge is -2.06. The molecule has 338 valence electrons. The van der Waals surface area contributed by atoms with Crippen LogP contribution in [0.1, 0.15) is 63.8 Å². The second kappa shape index (κ2) is 26.7. The summed E-state index contributed by atoms with van der Waals surface area (Å²) < 4.78 is 14.1. The van der Waals surface area contributed by atoms with E-state index in [1.165, 1.54) is 25.3 Å². The summed E-state index contributed by atoms with van der Waals surface area (Å²) in [6, 6.07) is 38.8. The average Bonchev–Trinajstić information content (AvgIpc) is 3.30. The van der Waals surface area contributed by atoms with E-state index < -0.39 is 34.9 Å². The van der Waals surface area contributed by atoms with Gasteiger partial charge in [0.15, 0.2) is 11.3 Å². The van der Waals surface area contributed by atoms with Crippen molar-refractivity contribution in [3.63, 3.8) is 0 Å². The summed E-state index contributed by atoms with van der Waals surface area (Å²) in [7, 11) is 1.40. The molecule has 1 amide bonds. The number of aromatic hydroxyl groups is 2. The highest BCUT2D eigenvalue weighted by atomic mass is 16.5. The molecule has 16 nitrogen and oxygen atoms in total. The van der Waals surface area contributed by atoms with E-state index in [0.717, 1.165) is 16.7 Å². The maximum atomic E-state index is 11.8. The number of nitrogens with one attached hydrogen (secondary N) is 3. The van der Waals surface area contributed by atoms with Gasteiger partial charge in [-0.05, 0) is 37.5 Å². The van der Waals surface area contributed by atoms with Gasteiger partial charge in [0, 0.05) is 36.5 Å². The first-order valence-electron chi connectivity index (χ1n) is 20.1. The predicted octanol–water partition coefficient (Wildman–Crippen LogP) is 6.40. The van der Waals surface area contributed by atoms with Crippen LogP contribution in [-0.2, 0) is 23.8 Å². The van der Waals surface area contributed by atoms with Crippen molar-refractivity contribution < 1.29 is 48.4 Å². The molecule has 6 aromatic rings. The summed E-state index contributed by atoms with van der Waals surface area (Å²) in [5, 5.41) is 21.9. The number of aromatic nitrogens is 2. The average molecular weight is 887 g/mol. The lowest BCUT2D eigenvalue weighted by molar-refractivity contribution is -0.142. The van der Waals surface area contributed by atoms with Gasteiger partial charge in [-0.25, -0.2) is 9.59 Å². The molecule has 0 atom stereocenters. The maximum Gasteiger partial charge on any atom is 0.347 e. The third-order valence-electron chi connectivity index (χ3n) is 8.50. The fourth-order valence-corrected chi connectivity index (χ4v) is 5.48. The lowest BCUT2D eigenvalue weighted by atomic mass is 10.1. The van der Waals surface area contributed by atoms with Gasteiger partial charge in [0.2, 0.25) is 0 Å². The Hall–Kier alpha value is -8.53. The van der Waals surface area contributed by atoms with Crippen LogP contribution in [0, 0.1) is 0 Å². The number of H-pyrrole nitrogens is 2. The van der Waals surface area contributed by atoms with Crippen LogP contribution in [0.3, 0.4) is 0 Å². The Bertz CT molecular complexity index is 2650. The number of Topliss-reactive ketones (excluding diaryl/α,β-unsaturated/α-hetero) is 1. The normalized spacial score (nSPS) is 10.2. The van der Waals surface area contributed by atoms with Crippen LogP contribution in [0.25, 0.3) is 28.2 Å². The molecule has 0 unspecified atom stereocenters. The molecular formula is C49H50N4O12. The number of hydrogen-bond donors (Lipinski definition) is 6. The molecular weight excluding hydrogens is 837 g/mol. The number of aromatic amines is 2. The van der Waals surface area contributed by atoms with Crippen molar-refractivity contribution >= 4 is 35.3 Å². The first-order valence-corrected chi connectivity index (χ1v) is 20.1. The minimum Gasteiger partial charge on any atom is -0.507 e. The van der Waals surface area contributed by atoms with Crippen molar-refractivity contribution in [2.75, 3.05) is 26.9 Å². The van der Waals surface area contributed by atoms with E-state index in [1.54, 1.807) is 69.3 Å². The Morgan fingerprint density at radius 3 is 1.43 bits per heavy atom. The molecule has 0 radical (unpaired) electrons. The number of benzene rings is 4. The smallest absolute Gasteiger partial charge is 0.347 e. The molecule has 0 aliphatic rings. The minimum atomic E-state index is -0.833. The van der Waals surface area contributed by atoms with Crippen LogP contribution in [0.15, 0.2) is 149 Å². The summed E-state index contributed by atoms with van der Waals surface area (Å²) >= 11 is 0. The number of carbonyl (C=O) groups excluding carboxylic acids is 5. The minimum absolute atomic E-state index is 0.137. The zero-order valence-electron chi connectivity index (χ0n) is 36.2. The summed E-state index contributed by atoms with van der Waals surface area (Å²) in [5.74, 6) is -3.26. The van der Waals surface area contributed by atoms with Gasteiger partial charge in [0.1, 0.15) is 23.5 Å². The molecule has 7 N–H and O–H groups in total. The number of ether oxygens (including phenoxy) is 3. The van der Waals surface area contributed by atoms with Gasteiger partial charge >= 0.3 is 17.9 Å². The van der Waals surface area contributed by atoms with E-state index in [9.17, 15) is 43.8 Å². The van der Waals surface area contributed by atoms with Gasteiger partial charge in [-0.2, -0.15) is 0 Å². The molecule has 0 saturated carbocycles. The maximum absolute atomic E-state index is 11.8. The van der Waals surface area contributed by atoms with E-state index in [1.807, 2.05) is 72.8 Å². The van der Waals surface area contributed by atoms with E-state index in [4.69, 9.17) is 15.2 Å². The Morgan fingerprint density at radius 1 is 0.600 bits per heavy atom. The van der Waals surface area contributed by atoms with Gasteiger partial charge in [-0.15, -0.1) is 0 Å². The number of carbonyl (C=O) groups is 5. The van der Waals surface area contributed by atoms with Crippen molar-refractivity contribution in [1.29, 1.82) is 0 Å². The Balaban J connectivity index is 0.000000232. The largest absolute Gasteiger partial charge is 0.507 e. The highest BCUT2D eigenvalue weighted by Crippen LogP contribution is 2.23. The van der Waals surface area contributed by atoms with Crippen molar-refractivity contribution in [2.24, 2.45) is 5.73 Å². The van der Waals surface area contributed by atoms with E-state index in [2.05, 4.69) is 20.0 Å². The number of ketones is 1. The number of pyridine rings is 2. The molecule has 4 aromatic carbocycles. The summed E-state index contributed by atoms with van der Waals surface area (Å²) in [6.07, 6.45) is 1.11. The second-order valence-electron chi connectivity index (χ2n) is 13.1. The third kappa shape index (κ3) is 16.4. The van der Waals surface area contributed by atoms with Crippen LogP contribution < -0.4 is 22.2 Å². The van der Waals surface area contributed by atoms with Crippen LogP contribution >= 0.6 is 0 Å². The third-order valence-corrected chi connectivity index (χ3v) is 8.50. The molecule has 0 aliphatic heterocycles. The topological polar surface area (TPSA) is 257 Å². The number of amides is 1. The van der Waals surface area contributed by atoms with E-state index in [-0.39, 0.29) is 41.4 Å². The predicted molar refractivity (Wildman–Crippen MR) is 245 cm³/mol. The zero-order valence-corrected chi connectivity index (χ0v) is 36.2. The first-order chi connectivity index (χ1) is 31.2. The molecule has 16 heteroatoms. The van der Waals surface area contributed by atoms with Crippen LogP contribution in [-0.4, -0.2) is 76.6 Å². The summed E-state index contributed by atoms with van der Waals surface area (Å²) in [5.41, 5.74) is 7.93. The number of nitrogens with two attached hydrogens (primary N) is 1. The molecule has 0 saturated heterocycles. The number of esters is 3. The van der Waals surface area contributed by atoms with Crippen LogP contribution in [0.2, 0.25) is 0 Å². The van der Waals surface area contributed by atoms with Gasteiger partial charge in [0.05, 0.1) is 31.2 Å². The quantitative estimate of drug-likeness (QED) is 0.0256. The van der Waals surface area contributed by atoms with Gasteiger partial charge in [-0.3, -0.25) is 24.0 Å². The zero-order chi connectivity index (χ0) is 47.7. The molecule has 65 heavy (non-hydrogen) atoms. The molecule has 6 rings (SSSR count). The molecule has 0 fully saturated rings. The van der Waals surface area contributed by atoms with E-state index in [0.29, 0.717) is 35.9 Å². The Labute approximate surface area is 374 Å². The SMILES string of the molecule is CCOC(=O)/C=C(\N)c1ccccc1.CCOC(=O)CC(=O)c1ccccc1.CCOC(=O)c1c(O)cc(-c2ccccc2)[nH]c1=O.CNC(=O)c1c(O)cc(-c2ccccc2)[nH]c1=O. The summed E-state index contributed by atoms with van der Waals surface area (Å²) in [6.45, 7) is 5.90. The first kappa shape index (κ1) is 50.8. The molecule has 2 aromatic heterocycles. The van der Waals surface area contributed by atoms with Gasteiger partial charge < -0.3 is 45.4 Å². The van der Waals surface area contributed by atoms with Crippen LogP contribution in [0.4, 0.5) is 0 Å². The highest BCUT2D eigenvalue weighted by molar-refractivity contribution is 6.05. The van der Waals surface area contributed by atoms with Crippen LogP contribution in [0.5, 0.6) is 11.5 Å². The van der Waals surface area contributed by atoms with Crippen molar-refractivity contribution in [3.8, 4) is 34.0 Å². The fourth-order valence-electron chi connectivity index (χ4n) is 5.48. The van der Waals surface area contributed by atoms with Gasteiger partial charge in [-0.1, -0.05) is 121 Å². The number of hydrogen-bond acceptors (Lipinski definition) is 13. The molecule has 2 heterocycles. The monoisotopic (exact) mass is 886 g/mol. The highest BCUT2D eigenvalue weighted by Gasteiger charge is 2.19. The Kier molecular flexibility index (Phi) is 20.9. The molecule has 0 spiro atoms. The fraction of sp³-hybridized carbons (Fsp3) is 0.163. The molecule has 0 bridgehead atoms. The second-order valence-corrected chi connectivity index (χ2v) is 13.1. The lowest BCUT2D eigenvalue weighted by Crippen LogP contribution is -2.26. The number of rotatable bonds is 12. The molecule has 0 aliphatic carbocycles. The van der Waals surface area contributed by atoms with Crippen molar-refractivity contribution in [1.82, 2.24) is 15.3 Å².